The van der Waals surface area contributed by atoms with Crippen LogP contribution in [0, 0.1) is 0 Å². The van der Waals surface area contributed by atoms with Gasteiger partial charge in [0.05, 0.1) is 12.3 Å². The van der Waals surface area contributed by atoms with E-state index in [1.165, 1.54) is 6.26 Å². The number of benzene rings is 1. The number of likely N-dealkylation sites (tertiary alicyclic amines) is 1. The predicted molar refractivity (Wildman–Crippen MR) is 89.5 cm³/mol. The Hall–Kier alpha value is -1.40. The lowest BCUT2D eigenvalue weighted by molar-refractivity contribution is -0.130. The van der Waals surface area contributed by atoms with Crippen LogP contribution in [0.1, 0.15) is 37.7 Å². The Bertz CT molecular complexity index is 674. The molecule has 0 saturated carbocycles. The zero-order chi connectivity index (χ0) is 16.6. The molecule has 3 atom stereocenters. The predicted octanol–water partition coefficient (Wildman–Crippen LogP) is 1.81. The van der Waals surface area contributed by atoms with Gasteiger partial charge in [-0.15, -0.1) is 0 Å². The fraction of sp³-hybridized carbons (Fsp3) is 0.588. The fourth-order valence-corrected chi connectivity index (χ4v) is 5.34. The number of sulfonamides is 1. The van der Waals surface area contributed by atoms with Crippen molar-refractivity contribution in [3.8, 4) is 0 Å². The molecule has 1 amide bonds. The zero-order valence-electron chi connectivity index (χ0n) is 13.7. The van der Waals surface area contributed by atoms with Gasteiger partial charge >= 0.3 is 0 Å². The van der Waals surface area contributed by atoms with Gasteiger partial charge in [-0.1, -0.05) is 36.8 Å². The van der Waals surface area contributed by atoms with Gasteiger partial charge in [0.15, 0.2) is 0 Å². The number of hydrogen-bond acceptors (Lipinski definition) is 3. The van der Waals surface area contributed by atoms with Crippen LogP contribution in [0.25, 0.3) is 0 Å². The summed E-state index contributed by atoms with van der Waals surface area (Å²) in [6, 6.07) is 9.81. The molecule has 6 heteroatoms. The lowest BCUT2D eigenvalue weighted by atomic mass is 9.90. The Morgan fingerprint density at radius 2 is 1.87 bits per heavy atom. The molecule has 2 aliphatic rings. The third-order valence-electron chi connectivity index (χ3n) is 5.12. The lowest BCUT2D eigenvalue weighted by Gasteiger charge is -2.33. The minimum absolute atomic E-state index is 0.0186. The molecule has 2 heterocycles. The Kier molecular flexibility index (Phi) is 4.47. The normalized spacial score (nSPS) is 29.1. The lowest BCUT2D eigenvalue weighted by Crippen LogP contribution is -2.48. The first-order chi connectivity index (χ1) is 10.9. The van der Waals surface area contributed by atoms with Crippen molar-refractivity contribution in [3.63, 3.8) is 0 Å². The highest BCUT2D eigenvalue weighted by atomic mass is 32.2. The highest BCUT2D eigenvalue weighted by Crippen LogP contribution is 2.40. The maximum absolute atomic E-state index is 12.4. The Labute approximate surface area is 138 Å². The minimum Gasteiger partial charge on any atom is -0.338 e. The summed E-state index contributed by atoms with van der Waals surface area (Å²) in [6.45, 7) is 2.73. The van der Waals surface area contributed by atoms with Crippen molar-refractivity contribution in [1.82, 2.24) is 9.21 Å². The summed E-state index contributed by atoms with van der Waals surface area (Å²) in [5.74, 6) is 0.0757. The van der Waals surface area contributed by atoms with E-state index in [4.69, 9.17) is 0 Å². The molecule has 2 aliphatic heterocycles. The van der Waals surface area contributed by atoms with E-state index in [0.29, 0.717) is 13.1 Å². The third kappa shape index (κ3) is 3.15. The fourth-order valence-electron chi connectivity index (χ4n) is 4.15. The smallest absolute Gasteiger partial charge is 0.219 e. The van der Waals surface area contributed by atoms with E-state index in [2.05, 4.69) is 0 Å². The van der Waals surface area contributed by atoms with Gasteiger partial charge in [-0.05, 0) is 18.4 Å². The largest absolute Gasteiger partial charge is 0.338 e. The molecule has 126 valence electrons. The van der Waals surface area contributed by atoms with E-state index in [1.807, 2.05) is 35.2 Å². The van der Waals surface area contributed by atoms with Crippen LogP contribution in [0.4, 0.5) is 0 Å². The maximum Gasteiger partial charge on any atom is 0.219 e. The van der Waals surface area contributed by atoms with E-state index in [9.17, 15) is 13.2 Å². The first-order valence-electron chi connectivity index (χ1n) is 8.18. The third-order valence-corrected chi connectivity index (χ3v) is 6.40. The van der Waals surface area contributed by atoms with Crippen LogP contribution in [-0.2, 0) is 14.8 Å². The molecule has 3 rings (SSSR count). The van der Waals surface area contributed by atoms with Gasteiger partial charge in [-0.3, -0.25) is 4.79 Å². The molecular weight excluding hydrogens is 312 g/mol. The molecule has 0 radical (unpaired) electrons. The van der Waals surface area contributed by atoms with Gasteiger partial charge < -0.3 is 4.90 Å². The Morgan fingerprint density at radius 3 is 2.48 bits per heavy atom. The van der Waals surface area contributed by atoms with Crippen molar-refractivity contribution in [3.05, 3.63) is 35.9 Å². The van der Waals surface area contributed by atoms with Gasteiger partial charge in [0.2, 0.25) is 15.9 Å². The average molecular weight is 336 g/mol. The van der Waals surface area contributed by atoms with Crippen molar-refractivity contribution >= 4 is 15.9 Å². The van der Waals surface area contributed by atoms with Crippen LogP contribution in [0.3, 0.4) is 0 Å². The summed E-state index contributed by atoms with van der Waals surface area (Å²) in [6.07, 6.45) is 3.97. The standard InChI is InChI=1S/C17H24N2O3S/c1-13(20)18-12-15(14-8-4-3-5-9-14)17-16(18)10-6-7-11-19(17)23(2,21)22/h3-5,8-9,15-17H,6-7,10-12H2,1-2H3/t15-,16-,17-/m0/s1. The minimum atomic E-state index is -3.30. The van der Waals surface area contributed by atoms with Gasteiger partial charge in [0.25, 0.3) is 0 Å². The highest BCUT2D eigenvalue weighted by molar-refractivity contribution is 7.88. The van der Waals surface area contributed by atoms with Crippen LogP contribution in [0.2, 0.25) is 0 Å². The topological polar surface area (TPSA) is 57.7 Å². The zero-order valence-corrected chi connectivity index (χ0v) is 14.5. The SMILES string of the molecule is CC(=O)N1C[C@@H](c2ccccc2)[C@H]2[C@@H]1CCCCN2S(C)(=O)=O. The van der Waals surface area contributed by atoms with Crippen LogP contribution in [0.15, 0.2) is 30.3 Å². The summed E-state index contributed by atoms with van der Waals surface area (Å²) in [7, 11) is -3.30. The van der Waals surface area contributed by atoms with Crippen LogP contribution in [0.5, 0.6) is 0 Å². The molecular formula is C17H24N2O3S. The summed E-state index contributed by atoms with van der Waals surface area (Å²) >= 11 is 0. The molecule has 1 aromatic carbocycles. The van der Waals surface area contributed by atoms with Crippen molar-refractivity contribution in [1.29, 1.82) is 0 Å². The molecule has 0 bridgehead atoms. The summed E-state index contributed by atoms with van der Waals surface area (Å²) in [5.41, 5.74) is 1.11. The van der Waals surface area contributed by atoms with Crippen molar-refractivity contribution in [2.24, 2.45) is 0 Å². The molecule has 23 heavy (non-hydrogen) atoms. The number of amides is 1. The number of rotatable bonds is 2. The summed E-state index contributed by atoms with van der Waals surface area (Å²) < 4.78 is 26.4. The highest BCUT2D eigenvalue weighted by Gasteiger charge is 2.49. The second-order valence-corrected chi connectivity index (χ2v) is 8.55. The molecule has 2 saturated heterocycles. The monoisotopic (exact) mass is 336 g/mol. The Balaban J connectivity index is 2.06. The summed E-state index contributed by atoms with van der Waals surface area (Å²) in [5, 5.41) is 0. The molecule has 0 N–H and O–H groups in total. The van der Waals surface area contributed by atoms with Crippen LogP contribution >= 0.6 is 0 Å². The quantitative estimate of drug-likeness (QED) is 0.828. The average Bonchev–Trinajstić information content (AvgIpc) is 2.72. The van der Waals surface area contributed by atoms with Gasteiger partial charge in [-0.25, -0.2) is 8.42 Å². The van der Waals surface area contributed by atoms with Gasteiger partial charge in [-0.2, -0.15) is 4.31 Å². The summed E-state index contributed by atoms with van der Waals surface area (Å²) in [4.78, 5) is 14.0. The molecule has 1 aromatic rings. The maximum atomic E-state index is 12.4. The van der Waals surface area contributed by atoms with E-state index in [-0.39, 0.29) is 23.9 Å². The van der Waals surface area contributed by atoms with Gasteiger partial charge in [0.1, 0.15) is 0 Å². The second-order valence-electron chi connectivity index (χ2n) is 6.62. The molecule has 0 unspecified atom stereocenters. The van der Waals surface area contributed by atoms with Crippen LogP contribution < -0.4 is 0 Å². The van der Waals surface area contributed by atoms with E-state index < -0.39 is 10.0 Å². The number of hydrogen-bond donors (Lipinski definition) is 0. The second kappa shape index (κ2) is 6.24. The molecule has 0 aliphatic carbocycles. The Morgan fingerprint density at radius 1 is 1.17 bits per heavy atom. The van der Waals surface area contributed by atoms with E-state index in [1.54, 1.807) is 11.2 Å². The van der Waals surface area contributed by atoms with Gasteiger partial charge in [0, 0.05) is 32.0 Å². The number of fused-ring (bicyclic) bond motifs is 1. The first kappa shape index (κ1) is 16.5. The number of carbonyl (C=O) groups excluding carboxylic acids is 1. The molecule has 5 nitrogen and oxygen atoms in total. The number of nitrogens with zero attached hydrogens (tertiary/aromatic N) is 2. The first-order valence-corrected chi connectivity index (χ1v) is 10.0. The van der Waals surface area contributed by atoms with Crippen molar-refractivity contribution < 1.29 is 13.2 Å². The number of carbonyl (C=O) groups is 1. The van der Waals surface area contributed by atoms with Crippen molar-refractivity contribution in [2.75, 3.05) is 19.3 Å². The van der Waals surface area contributed by atoms with Crippen LogP contribution in [-0.4, -0.2) is 55.0 Å². The van der Waals surface area contributed by atoms with E-state index in [0.717, 1.165) is 24.8 Å². The van der Waals surface area contributed by atoms with Crippen molar-refractivity contribution in [2.45, 2.75) is 44.2 Å². The molecule has 2 fully saturated rings. The molecule has 0 aromatic heterocycles. The van der Waals surface area contributed by atoms with E-state index >= 15 is 0 Å². The molecule has 0 spiro atoms.